The first kappa shape index (κ1) is 28.9. The number of fused-ring (bicyclic) bond motifs is 1. The van der Waals surface area contributed by atoms with Gasteiger partial charge in [0.05, 0.1) is 4.90 Å². The van der Waals surface area contributed by atoms with Gasteiger partial charge in [-0.2, -0.15) is 16.8 Å². The van der Waals surface area contributed by atoms with E-state index in [1.165, 1.54) is 6.07 Å². The van der Waals surface area contributed by atoms with E-state index in [0.29, 0.717) is 51.8 Å². The van der Waals surface area contributed by atoms with Gasteiger partial charge in [-0.25, -0.2) is 0 Å². The topological polar surface area (TPSA) is 97.7 Å². The molecule has 0 heterocycles. The summed E-state index contributed by atoms with van der Waals surface area (Å²) in [7, 11) is -8.99. The van der Waals surface area contributed by atoms with E-state index in [1.54, 1.807) is 6.92 Å². The Morgan fingerprint density at radius 2 is 1.07 bits per heavy atom. The fraction of sp³-hybridized carbons (Fsp3) is 0.143. The molecule has 5 aromatic rings. The molecule has 1 N–H and O–H groups in total. The second kappa shape index (κ2) is 11.4. The maximum Gasteiger partial charge on any atom is 0.340 e. The summed E-state index contributed by atoms with van der Waals surface area (Å²) in [6, 6.07) is 33.5. The molecule has 0 aromatic heterocycles. The SMILES string of the molecule is Cc1cc(S(=O)(=O)O)c2c(c1OS(=O)(=O)c1c(-c3ccccc3)cc(-c3ccccc3)cc1-c1ccccc1)CCCC2. The summed E-state index contributed by atoms with van der Waals surface area (Å²) >= 11 is 0. The van der Waals surface area contributed by atoms with Crippen molar-refractivity contribution in [2.75, 3.05) is 0 Å². The zero-order valence-corrected chi connectivity index (χ0v) is 25.2. The van der Waals surface area contributed by atoms with Crippen LogP contribution >= 0.6 is 0 Å². The Labute approximate surface area is 252 Å². The summed E-state index contributed by atoms with van der Waals surface area (Å²) in [6.07, 6.45) is 2.31. The third-order valence-corrected chi connectivity index (χ3v) is 10.1. The summed E-state index contributed by atoms with van der Waals surface area (Å²) in [5.41, 5.74) is 5.42. The molecule has 0 aliphatic heterocycles. The molecule has 0 saturated carbocycles. The van der Waals surface area contributed by atoms with E-state index >= 15 is 0 Å². The minimum atomic E-state index is -4.50. The number of benzene rings is 5. The smallest absolute Gasteiger partial charge is 0.340 e. The second-order valence-electron chi connectivity index (χ2n) is 10.7. The molecule has 43 heavy (non-hydrogen) atoms. The van der Waals surface area contributed by atoms with Gasteiger partial charge in [-0.1, -0.05) is 91.0 Å². The summed E-state index contributed by atoms with van der Waals surface area (Å²) in [5.74, 6) is 0.118. The Kier molecular flexibility index (Phi) is 7.68. The van der Waals surface area contributed by atoms with E-state index in [-0.39, 0.29) is 15.5 Å². The molecule has 1 aliphatic rings. The van der Waals surface area contributed by atoms with Crippen molar-refractivity contribution in [1.29, 1.82) is 0 Å². The number of hydrogen-bond donors (Lipinski definition) is 1. The highest BCUT2D eigenvalue weighted by atomic mass is 32.2. The van der Waals surface area contributed by atoms with Gasteiger partial charge >= 0.3 is 10.1 Å². The van der Waals surface area contributed by atoms with Crippen molar-refractivity contribution in [1.82, 2.24) is 0 Å². The Morgan fingerprint density at radius 1 is 0.605 bits per heavy atom. The third-order valence-electron chi connectivity index (χ3n) is 7.83. The molecule has 8 heteroatoms. The van der Waals surface area contributed by atoms with Crippen LogP contribution in [0.25, 0.3) is 33.4 Å². The molecule has 0 spiro atoms. The van der Waals surface area contributed by atoms with Crippen LogP contribution in [0.3, 0.4) is 0 Å². The van der Waals surface area contributed by atoms with Crippen LogP contribution in [0.15, 0.2) is 119 Å². The molecule has 0 saturated heterocycles. The van der Waals surface area contributed by atoms with Gasteiger partial charge in [0.15, 0.2) is 0 Å². The maximum absolute atomic E-state index is 14.6. The summed E-state index contributed by atoms with van der Waals surface area (Å²) in [5, 5.41) is 0. The number of rotatable bonds is 7. The van der Waals surface area contributed by atoms with E-state index in [9.17, 15) is 21.4 Å². The predicted octanol–water partition coefficient (Wildman–Crippen LogP) is 7.89. The molecule has 5 aromatic carbocycles. The zero-order chi connectivity index (χ0) is 30.2. The zero-order valence-electron chi connectivity index (χ0n) is 23.5. The Morgan fingerprint density at radius 3 is 1.56 bits per heavy atom. The first-order valence-corrected chi connectivity index (χ1v) is 16.9. The Balaban J connectivity index is 1.62. The first-order chi connectivity index (χ1) is 20.6. The van der Waals surface area contributed by atoms with Crippen LogP contribution in [0.5, 0.6) is 5.75 Å². The largest absolute Gasteiger partial charge is 0.378 e. The number of hydrogen-bond acceptors (Lipinski definition) is 5. The minimum absolute atomic E-state index is 0.0207. The van der Waals surface area contributed by atoms with Gasteiger partial charge in [-0.05, 0) is 84.2 Å². The van der Waals surface area contributed by atoms with Gasteiger partial charge in [0, 0.05) is 16.7 Å². The molecule has 0 unspecified atom stereocenters. The predicted molar refractivity (Wildman–Crippen MR) is 168 cm³/mol. The Hall–Kier alpha value is -4.24. The fourth-order valence-electron chi connectivity index (χ4n) is 5.87. The molecule has 0 fully saturated rings. The van der Waals surface area contributed by atoms with Crippen molar-refractivity contribution in [2.24, 2.45) is 0 Å². The molecule has 6 rings (SSSR count). The molecular weight excluding hydrogens is 581 g/mol. The fourth-order valence-corrected chi connectivity index (χ4v) is 8.16. The van der Waals surface area contributed by atoms with Gasteiger partial charge < -0.3 is 4.18 Å². The monoisotopic (exact) mass is 610 g/mol. The minimum Gasteiger partial charge on any atom is -0.378 e. The van der Waals surface area contributed by atoms with Crippen molar-refractivity contribution in [3.63, 3.8) is 0 Å². The number of aryl methyl sites for hydroxylation is 1. The lowest BCUT2D eigenvalue weighted by atomic mass is 9.89. The maximum atomic E-state index is 14.6. The normalized spacial score (nSPS) is 13.3. The molecule has 1 aliphatic carbocycles. The van der Waals surface area contributed by atoms with E-state index in [4.69, 9.17) is 4.18 Å². The highest BCUT2D eigenvalue weighted by Gasteiger charge is 2.32. The highest BCUT2D eigenvalue weighted by molar-refractivity contribution is 7.87. The lowest BCUT2D eigenvalue weighted by molar-refractivity contribution is 0.473. The Bertz CT molecular complexity index is 1960. The van der Waals surface area contributed by atoms with Gasteiger partial charge in [-0.3, -0.25) is 4.55 Å². The quantitative estimate of drug-likeness (QED) is 0.149. The van der Waals surface area contributed by atoms with E-state index in [0.717, 1.165) is 24.0 Å². The lowest BCUT2D eigenvalue weighted by Crippen LogP contribution is -2.18. The molecular formula is C35H30O6S2. The van der Waals surface area contributed by atoms with Crippen LogP contribution in [0.1, 0.15) is 29.5 Å². The summed E-state index contributed by atoms with van der Waals surface area (Å²) < 4.78 is 69.6. The molecule has 0 atom stereocenters. The average molecular weight is 611 g/mol. The summed E-state index contributed by atoms with van der Waals surface area (Å²) in [4.78, 5) is -0.168. The van der Waals surface area contributed by atoms with Crippen LogP contribution < -0.4 is 4.18 Å². The van der Waals surface area contributed by atoms with Crippen LogP contribution in [0.4, 0.5) is 0 Å². The van der Waals surface area contributed by atoms with Crippen molar-refractivity contribution >= 4 is 20.2 Å². The summed E-state index contributed by atoms with van der Waals surface area (Å²) in [6.45, 7) is 1.60. The van der Waals surface area contributed by atoms with Crippen LogP contribution in [-0.2, 0) is 33.1 Å². The second-order valence-corrected chi connectivity index (χ2v) is 13.6. The highest BCUT2D eigenvalue weighted by Crippen LogP contribution is 2.43. The van der Waals surface area contributed by atoms with Gasteiger partial charge in [0.1, 0.15) is 10.6 Å². The molecule has 0 amide bonds. The van der Waals surface area contributed by atoms with E-state index < -0.39 is 20.2 Å². The molecule has 6 nitrogen and oxygen atoms in total. The van der Waals surface area contributed by atoms with Crippen LogP contribution in [-0.4, -0.2) is 21.4 Å². The third kappa shape index (κ3) is 5.73. The molecule has 0 radical (unpaired) electrons. The van der Waals surface area contributed by atoms with Crippen molar-refractivity contribution in [3.05, 3.63) is 126 Å². The van der Waals surface area contributed by atoms with Gasteiger partial charge in [0.2, 0.25) is 0 Å². The van der Waals surface area contributed by atoms with Crippen molar-refractivity contribution in [2.45, 2.75) is 42.4 Å². The van der Waals surface area contributed by atoms with Crippen LogP contribution in [0.2, 0.25) is 0 Å². The van der Waals surface area contributed by atoms with E-state index in [2.05, 4.69) is 0 Å². The van der Waals surface area contributed by atoms with Crippen molar-refractivity contribution in [3.8, 4) is 39.1 Å². The van der Waals surface area contributed by atoms with E-state index in [1.807, 2.05) is 103 Å². The molecule has 218 valence electrons. The van der Waals surface area contributed by atoms with Gasteiger partial charge in [0.25, 0.3) is 10.1 Å². The average Bonchev–Trinajstić information content (AvgIpc) is 3.02. The standard InChI is InChI=1S/C35H30O6S2/c1-24-21-33(42(36,37)38)29-19-11-12-20-30(29)34(24)41-43(39,40)35-31(26-15-7-3-8-16-26)22-28(25-13-5-2-6-14-25)23-32(35)27-17-9-4-10-18-27/h2-10,13-18,21-23H,11-12,19-20H2,1H3,(H,36,37,38). The lowest BCUT2D eigenvalue weighted by Gasteiger charge is -2.24. The van der Waals surface area contributed by atoms with Crippen molar-refractivity contribution < 1.29 is 25.6 Å². The molecule has 0 bridgehead atoms. The van der Waals surface area contributed by atoms with Crippen LogP contribution in [0, 0.1) is 6.92 Å². The first-order valence-electron chi connectivity index (χ1n) is 14.0. The van der Waals surface area contributed by atoms with Gasteiger partial charge in [-0.15, -0.1) is 0 Å².